The first-order chi connectivity index (χ1) is 16.8. The summed E-state index contributed by atoms with van der Waals surface area (Å²) < 4.78 is 5.48. The third kappa shape index (κ3) is 7.97. The third-order valence-electron chi connectivity index (χ3n) is 6.92. The summed E-state index contributed by atoms with van der Waals surface area (Å²) in [5.74, 6) is -0.265. The molecule has 0 aliphatic heterocycles. The molecule has 2 N–H and O–H groups in total. The van der Waals surface area contributed by atoms with E-state index in [1.807, 2.05) is 45.9 Å². The van der Waals surface area contributed by atoms with E-state index in [1.165, 1.54) is 0 Å². The summed E-state index contributed by atoms with van der Waals surface area (Å²) in [6.07, 6.45) is 2.73. The van der Waals surface area contributed by atoms with Crippen LogP contribution in [0.1, 0.15) is 96.9 Å². The summed E-state index contributed by atoms with van der Waals surface area (Å²) in [4.78, 5) is 42.5. The fraction of sp³-hybridized carbons (Fsp3) is 0.690. The van der Waals surface area contributed by atoms with Crippen molar-refractivity contribution >= 4 is 17.9 Å². The Labute approximate surface area is 217 Å². The number of benzene rings is 1. The van der Waals surface area contributed by atoms with Crippen LogP contribution in [0.25, 0.3) is 0 Å². The zero-order valence-corrected chi connectivity index (χ0v) is 23.7. The zero-order valence-electron chi connectivity index (χ0n) is 23.7. The molecular formula is C29H47N3O4. The van der Waals surface area contributed by atoms with Crippen LogP contribution in [0.15, 0.2) is 18.2 Å². The molecule has 1 fully saturated rings. The fourth-order valence-electron chi connectivity index (χ4n) is 4.41. The van der Waals surface area contributed by atoms with Gasteiger partial charge in [-0.2, -0.15) is 0 Å². The van der Waals surface area contributed by atoms with E-state index in [4.69, 9.17) is 4.74 Å². The summed E-state index contributed by atoms with van der Waals surface area (Å²) in [5, 5.41) is 5.91. The van der Waals surface area contributed by atoms with Crippen molar-refractivity contribution in [2.75, 3.05) is 6.54 Å². The Morgan fingerprint density at radius 1 is 1.17 bits per heavy atom. The first-order valence-corrected chi connectivity index (χ1v) is 13.5. The summed E-state index contributed by atoms with van der Waals surface area (Å²) in [6, 6.07) is 4.40. The van der Waals surface area contributed by atoms with Gasteiger partial charge in [0.2, 0.25) is 11.8 Å². The number of aryl methyl sites for hydroxylation is 2. The highest BCUT2D eigenvalue weighted by atomic mass is 16.6. The predicted octanol–water partition coefficient (Wildman–Crippen LogP) is 5.44. The van der Waals surface area contributed by atoms with Gasteiger partial charge >= 0.3 is 6.09 Å². The standard InChI is InChI=1S/C29H47N3O4/c1-10-12-15-30-26(33)25(22-16-18(3)13-14-20(22)5)32(23-17-21(23)6)27(34)24(19(4)11-2)31-28(35)36-29(7,8)9/h13-14,16,19,21,23-25H,10-12,15,17H2,1-9H3,(H,30,33)(H,31,35). The van der Waals surface area contributed by atoms with Gasteiger partial charge in [0.1, 0.15) is 17.7 Å². The molecular weight excluding hydrogens is 454 g/mol. The molecule has 0 bridgehead atoms. The second-order valence-electron chi connectivity index (χ2n) is 11.4. The third-order valence-corrected chi connectivity index (χ3v) is 6.92. The summed E-state index contributed by atoms with van der Waals surface area (Å²) in [5.41, 5.74) is 2.14. The first kappa shape index (κ1) is 29.7. The lowest BCUT2D eigenvalue weighted by atomic mass is 9.93. The van der Waals surface area contributed by atoms with Crippen LogP contribution in [0, 0.1) is 25.7 Å². The number of carbonyl (C=O) groups is 3. The van der Waals surface area contributed by atoms with E-state index in [2.05, 4.69) is 24.5 Å². The fourth-order valence-corrected chi connectivity index (χ4v) is 4.41. The molecule has 1 saturated carbocycles. The Kier molecular flexibility index (Phi) is 10.4. The highest BCUT2D eigenvalue weighted by Crippen LogP contribution is 2.41. The van der Waals surface area contributed by atoms with Crippen molar-refractivity contribution in [1.29, 1.82) is 0 Å². The quantitative estimate of drug-likeness (QED) is 0.395. The number of hydrogen-bond donors (Lipinski definition) is 2. The molecule has 202 valence electrons. The van der Waals surface area contributed by atoms with E-state index >= 15 is 0 Å². The van der Waals surface area contributed by atoms with Gasteiger partial charge in [-0.15, -0.1) is 0 Å². The number of rotatable bonds is 11. The molecule has 5 atom stereocenters. The number of alkyl carbamates (subject to hydrolysis) is 1. The summed E-state index contributed by atoms with van der Waals surface area (Å²) >= 11 is 0. The molecule has 0 spiro atoms. The van der Waals surface area contributed by atoms with Crippen LogP contribution in [-0.2, 0) is 14.3 Å². The molecule has 0 saturated heterocycles. The van der Waals surface area contributed by atoms with Gasteiger partial charge in [0.05, 0.1) is 0 Å². The first-order valence-electron chi connectivity index (χ1n) is 13.5. The predicted molar refractivity (Wildman–Crippen MR) is 144 cm³/mol. The van der Waals surface area contributed by atoms with Gasteiger partial charge in [-0.3, -0.25) is 9.59 Å². The number of unbranched alkanes of at least 4 members (excludes halogenated alkanes) is 1. The maximum Gasteiger partial charge on any atom is 0.408 e. The minimum absolute atomic E-state index is 0.0636. The number of nitrogens with zero attached hydrogens (tertiary/aromatic N) is 1. The number of amides is 3. The molecule has 0 radical (unpaired) electrons. The Hall–Kier alpha value is -2.57. The molecule has 0 heterocycles. The second-order valence-corrected chi connectivity index (χ2v) is 11.4. The van der Waals surface area contributed by atoms with Crippen molar-refractivity contribution in [2.24, 2.45) is 11.8 Å². The molecule has 1 aromatic rings. The molecule has 3 amide bonds. The van der Waals surface area contributed by atoms with Gasteiger partial charge in [-0.1, -0.05) is 64.3 Å². The molecule has 1 aliphatic rings. The van der Waals surface area contributed by atoms with E-state index < -0.39 is 23.8 Å². The van der Waals surface area contributed by atoms with Crippen molar-refractivity contribution in [3.05, 3.63) is 34.9 Å². The molecule has 1 aromatic carbocycles. The van der Waals surface area contributed by atoms with Gasteiger partial charge < -0.3 is 20.3 Å². The smallest absolute Gasteiger partial charge is 0.408 e. The van der Waals surface area contributed by atoms with Gasteiger partial charge in [0.15, 0.2) is 0 Å². The van der Waals surface area contributed by atoms with Crippen LogP contribution in [0.5, 0.6) is 0 Å². The molecule has 0 aromatic heterocycles. The Morgan fingerprint density at radius 2 is 1.81 bits per heavy atom. The Morgan fingerprint density at radius 3 is 2.33 bits per heavy atom. The van der Waals surface area contributed by atoms with E-state index in [9.17, 15) is 14.4 Å². The average molecular weight is 502 g/mol. The maximum absolute atomic E-state index is 14.3. The SMILES string of the molecule is CCCCNC(=O)C(c1cc(C)ccc1C)N(C(=O)C(NC(=O)OC(C)(C)C)C(C)CC)C1CC1C. The summed E-state index contributed by atoms with van der Waals surface area (Å²) in [6.45, 7) is 18.0. The van der Waals surface area contributed by atoms with Crippen LogP contribution < -0.4 is 10.6 Å². The zero-order chi connectivity index (χ0) is 27.2. The van der Waals surface area contributed by atoms with Crippen LogP contribution in [-0.4, -0.2) is 47.0 Å². The second kappa shape index (κ2) is 12.6. The molecule has 1 aliphatic carbocycles. The van der Waals surface area contributed by atoms with Gasteiger partial charge in [0.25, 0.3) is 0 Å². The van der Waals surface area contributed by atoms with Gasteiger partial charge in [-0.25, -0.2) is 4.79 Å². The van der Waals surface area contributed by atoms with Crippen molar-refractivity contribution in [3.63, 3.8) is 0 Å². The Balaban J connectivity index is 2.53. The van der Waals surface area contributed by atoms with Crippen molar-refractivity contribution in [3.8, 4) is 0 Å². The lowest BCUT2D eigenvalue weighted by Crippen LogP contribution is -2.56. The maximum atomic E-state index is 14.3. The van der Waals surface area contributed by atoms with Crippen LogP contribution in [0.4, 0.5) is 4.79 Å². The molecule has 36 heavy (non-hydrogen) atoms. The van der Waals surface area contributed by atoms with E-state index in [-0.39, 0.29) is 29.7 Å². The molecule has 7 nitrogen and oxygen atoms in total. The van der Waals surface area contributed by atoms with E-state index in [0.717, 1.165) is 36.0 Å². The van der Waals surface area contributed by atoms with Crippen LogP contribution in [0.2, 0.25) is 0 Å². The lowest BCUT2D eigenvalue weighted by Gasteiger charge is -2.37. The van der Waals surface area contributed by atoms with Crippen molar-refractivity contribution in [1.82, 2.24) is 15.5 Å². The number of nitrogens with one attached hydrogen (secondary N) is 2. The number of carbonyl (C=O) groups excluding carboxylic acids is 3. The highest BCUT2D eigenvalue weighted by Gasteiger charge is 2.49. The monoisotopic (exact) mass is 501 g/mol. The topological polar surface area (TPSA) is 87.7 Å². The van der Waals surface area contributed by atoms with E-state index in [1.54, 1.807) is 25.7 Å². The number of ether oxygens (including phenoxy) is 1. The summed E-state index contributed by atoms with van der Waals surface area (Å²) in [7, 11) is 0. The van der Waals surface area contributed by atoms with Crippen molar-refractivity contribution < 1.29 is 19.1 Å². The van der Waals surface area contributed by atoms with Gasteiger partial charge in [-0.05, 0) is 70.4 Å². The van der Waals surface area contributed by atoms with Crippen LogP contribution in [0.3, 0.4) is 0 Å². The Bertz CT molecular complexity index is 924. The van der Waals surface area contributed by atoms with Crippen LogP contribution >= 0.6 is 0 Å². The highest BCUT2D eigenvalue weighted by molar-refractivity contribution is 5.93. The van der Waals surface area contributed by atoms with Crippen molar-refractivity contribution in [2.45, 2.75) is 112 Å². The number of hydrogen-bond acceptors (Lipinski definition) is 4. The normalized spacial score (nSPS) is 19.6. The lowest BCUT2D eigenvalue weighted by molar-refractivity contribution is -0.144. The molecule has 2 rings (SSSR count). The molecule has 5 unspecified atom stereocenters. The van der Waals surface area contributed by atoms with Gasteiger partial charge in [0, 0.05) is 12.6 Å². The minimum Gasteiger partial charge on any atom is -0.444 e. The minimum atomic E-state index is -0.797. The largest absolute Gasteiger partial charge is 0.444 e. The average Bonchev–Trinajstić information content (AvgIpc) is 3.51. The van der Waals surface area contributed by atoms with E-state index in [0.29, 0.717) is 13.0 Å². The molecule has 7 heteroatoms.